The van der Waals surface area contributed by atoms with E-state index in [0.717, 1.165) is 19.9 Å². The molecule has 0 fully saturated rings. The number of sulfonamides is 1. The second-order valence-corrected chi connectivity index (χ2v) is 12.0. The van der Waals surface area contributed by atoms with E-state index >= 15 is 0 Å². The number of benzene rings is 3. The minimum atomic E-state index is -4.23. The Morgan fingerprint density at radius 2 is 1.62 bits per heavy atom. The number of nitrogens with one attached hydrogen (secondary N) is 1. The highest BCUT2D eigenvalue weighted by molar-refractivity contribution is 9.10. The molecule has 37 heavy (non-hydrogen) atoms. The Labute approximate surface area is 235 Å². The van der Waals surface area contributed by atoms with E-state index < -0.39 is 28.5 Å². The largest absolute Gasteiger partial charge is 0.357 e. The molecule has 11 heteroatoms. The summed E-state index contributed by atoms with van der Waals surface area (Å²) in [5, 5.41) is 2.90. The molecule has 0 aliphatic rings. The molecule has 0 heterocycles. The monoisotopic (exact) mass is 625 g/mol. The average molecular weight is 627 g/mol. The summed E-state index contributed by atoms with van der Waals surface area (Å²) in [5.41, 5.74) is 1.70. The van der Waals surface area contributed by atoms with Crippen LogP contribution in [0.25, 0.3) is 0 Å². The van der Waals surface area contributed by atoms with Gasteiger partial charge in [-0.15, -0.1) is 0 Å². The lowest BCUT2D eigenvalue weighted by atomic mass is 10.1. The zero-order valence-corrected chi connectivity index (χ0v) is 24.3. The summed E-state index contributed by atoms with van der Waals surface area (Å²) in [5.74, 6) is -0.982. The molecule has 0 aliphatic carbocycles. The van der Waals surface area contributed by atoms with Crippen LogP contribution in [0.5, 0.6) is 0 Å². The normalized spacial score (nSPS) is 12.1. The van der Waals surface area contributed by atoms with Crippen LogP contribution in [0.3, 0.4) is 0 Å². The second-order valence-electron chi connectivity index (χ2n) is 8.36. The van der Waals surface area contributed by atoms with Crippen molar-refractivity contribution in [3.8, 4) is 0 Å². The first-order valence-corrected chi connectivity index (χ1v) is 14.2. The van der Waals surface area contributed by atoms with Crippen molar-refractivity contribution in [3.63, 3.8) is 0 Å². The van der Waals surface area contributed by atoms with Crippen LogP contribution in [0.1, 0.15) is 18.1 Å². The molecule has 0 saturated carbocycles. The lowest BCUT2D eigenvalue weighted by Gasteiger charge is -2.32. The van der Waals surface area contributed by atoms with Crippen molar-refractivity contribution in [1.29, 1.82) is 0 Å². The predicted octanol–water partition coefficient (Wildman–Crippen LogP) is 5.42. The number of hydrogen-bond acceptors (Lipinski definition) is 4. The number of carbonyl (C=O) groups excluding carboxylic acids is 2. The Bertz CT molecular complexity index is 1380. The number of carbonyl (C=O) groups is 2. The fourth-order valence-corrected chi connectivity index (χ4v) is 5.73. The molecule has 2 amide bonds. The lowest BCUT2D eigenvalue weighted by Crippen LogP contribution is -2.50. The summed E-state index contributed by atoms with van der Waals surface area (Å²) in [4.78, 5) is 27.6. The maximum absolute atomic E-state index is 13.8. The first-order chi connectivity index (χ1) is 17.4. The van der Waals surface area contributed by atoms with Crippen LogP contribution < -0.4 is 9.62 Å². The van der Waals surface area contributed by atoms with Crippen LogP contribution in [0.4, 0.5) is 5.69 Å². The number of rotatable bonds is 9. The third-order valence-electron chi connectivity index (χ3n) is 5.74. The third kappa shape index (κ3) is 7.04. The molecule has 7 nitrogen and oxygen atoms in total. The molecule has 0 spiro atoms. The zero-order chi connectivity index (χ0) is 27.3. The number of anilines is 1. The van der Waals surface area contributed by atoms with Crippen molar-refractivity contribution < 1.29 is 18.0 Å². The van der Waals surface area contributed by atoms with Gasteiger partial charge in [-0.25, -0.2) is 8.42 Å². The minimum absolute atomic E-state index is 0.0132. The van der Waals surface area contributed by atoms with Gasteiger partial charge in [0.15, 0.2) is 0 Å². The number of halogens is 3. The Balaban J connectivity index is 2.07. The topological polar surface area (TPSA) is 86.8 Å². The van der Waals surface area contributed by atoms with E-state index in [0.29, 0.717) is 0 Å². The Kier molecular flexibility index (Phi) is 9.63. The van der Waals surface area contributed by atoms with Crippen molar-refractivity contribution in [2.75, 3.05) is 17.9 Å². The Hall–Kier alpha value is -2.59. The van der Waals surface area contributed by atoms with Gasteiger partial charge >= 0.3 is 0 Å². The molecule has 0 bridgehead atoms. The molecule has 3 aromatic carbocycles. The third-order valence-corrected chi connectivity index (χ3v) is 8.60. The van der Waals surface area contributed by atoms with Crippen LogP contribution in [0.2, 0.25) is 10.0 Å². The minimum Gasteiger partial charge on any atom is -0.357 e. The van der Waals surface area contributed by atoms with E-state index in [9.17, 15) is 18.0 Å². The maximum atomic E-state index is 13.8. The van der Waals surface area contributed by atoms with E-state index in [1.54, 1.807) is 19.1 Å². The van der Waals surface area contributed by atoms with Gasteiger partial charge < -0.3 is 10.2 Å². The molecule has 1 atom stereocenters. The van der Waals surface area contributed by atoms with E-state index in [1.807, 2.05) is 31.2 Å². The summed E-state index contributed by atoms with van der Waals surface area (Å²) in [6, 6.07) is 17.0. The van der Waals surface area contributed by atoms with Gasteiger partial charge in [0.1, 0.15) is 12.6 Å². The lowest BCUT2D eigenvalue weighted by molar-refractivity contribution is -0.139. The van der Waals surface area contributed by atoms with E-state index in [2.05, 4.69) is 21.2 Å². The highest BCUT2D eigenvalue weighted by Crippen LogP contribution is 2.33. The fourth-order valence-electron chi connectivity index (χ4n) is 3.61. The molecular formula is C26H26BrCl2N3O4S. The smallest absolute Gasteiger partial charge is 0.264 e. The molecule has 3 rings (SSSR count). The summed E-state index contributed by atoms with van der Waals surface area (Å²) in [7, 11) is -2.76. The molecule has 3 aromatic rings. The predicted molar refractivity (Wildman–Crippen MR) is 150 cm³/mol. The van der Waals surface area contributed by atoms with Gasteiger partial charge in [0.05, 0.1) is 15.6 Å². The summed E-state index contributed by atoms with van der Waals surface area (Å²) < 4.78 is 29.4. The Morgan fingerprint density at radius 3 is 2.22 bits per heavy atom. The highest BCUT2D eigenvalue weighted by Gasteiger charge is 2.33. The number of likely N-dealkylation sites (N-methyl/N-ethyl adjacent to an activating group) is 1. The molecule has 196 valence electrons. The van der Waals surface area contributed by atoms with Gasteiger partial charge in [0.2, 0.25) is 11.8 Å². The molecule has 0 saturated heterocycles. The second kappa shape index (κ2) is 12.3. The number of nitrogens with zero attached hydrogens (tertiary/aromatic N) is 2. The maximum Gasteiger partial charge on any atom is 0.264 e. The number of hydrogen-bond donors (Lipinski definition) is 1. The molecule has 1 unspecified atom stereocenters. The van der Waals surface area contributed by atoms with Gasteiger partial charge in [-0.3, -0.25) is 13.9 Å². The highest BCUT2D eigenvalue weighted by atomic mass is 79.9. The van der Waals surface area contributed by atoms with Crippen molar-refractivity contribution >= 4 is 66.7 Å². The van der Waals surface area contributed by atoms with Crippen molar-refractivity contribution in [1.82, 2.24) is 10.2 Å². The van der Waals surface area contributed by atoms with E-state index in [-0.39, 0.29) is 33.1 Å². The van der Waals surface area contributed by atoms with Crippen molar-refractivity contribution in [2.45, 2.75) is 31.3 Å². The van der Waals surface area contributed by atoms with E-state index in [4.69, 9.17) is 23.2 Å². The van der Waals surface area contributed by atoms with Crippen LogP contribution in [-0.2, 0) is 26.2 Å². The Morgan fingerprint density at radius 1 is 1.00 bits per heavy atom. The van der Waals surface area contributed by atoms with Crippen molar-refractivity contribution in [2.24, 2.45) is 0 Å². The standard InChI is InChI=1S/C26H26BrCl2N3O4S/c1-17-4-11-22(12-5-17)37(35,36)32(24-14-21(28)10-13-23(24)29)16-25(33)31(18(2)26(34)30-3)15-19-6-8-20(27)9-7-19/h4-14,18H,15-16H2,1-3H3,(H,30,34). The van der Waals surface area contributed by atoms with Gasteiger partial charge in [-0.2, -0.15) is 0 Å². The van der Waals surface area contributed by atoms with Crippen LogP contribution in [-0.4, -0.2) is 44.8 Å². The zero-order valence-electron chi connectivity index (χ0n) is 20.4. The molecule has 1 N–H and O–H groups in total. The average Bonchev–Trinajstić information content (AvgIpc) is 2.87. The molecule has 0 aliphatic heterocycles. The SMILES string of the molecule is CNC(=O)C(C)N(Cc1ccc(Br)cc1)C(=O)CN(c1cc(Cl)ccc1Cl)S(=O)(=O)c1ccc(C)cc1. The first kappa shape index (κ1) is 29.0. The summed E-state index contributed by atoms with van der Waals surface area (Å²) in [6.07, 6.45) is 0. The molecule has 0 aromatic heterocycles. The molecular weight excluding hydrogens is 601 g/mol. The van der Waals surface area contributed by atoms with Gasteiger partial charge in [0.25, 0.3) is 10.0 Å². The number of aryl methyl sites for hydroxylation is 1. The first-order valence-electron chi connectivity index (χ1n) is 11.2. The van der Waals surface area contributed by atoms with Crippen LogP contribution in [0.15, 0.2) is 76.1 Å². The van der Waals surface area contributed by atoms with Crippen molar-refractivity contribution in [3.05, 3.63) is 92.4 Å². The van der Waals surface area contributed by atoms with Gasteiger partial charge in [-0.05, 0) is 61.9 Å². The van der Waals surface area contributed by atoms with Gasteiger partial charge in [0, 0.05) is 23.1 Å². The summed E-state index contributed by atoms with van der Waals surface area (Å²) >= 11 is 16.0. The van der Waals surface area contributed by atoms with E-state index in [1.165, 1.54) is 42.3 Å². The summed E-state index contributed by atoms with van der Waals surface area (Å²) in [6.45, 7) is 2.91. The van der Waals surface area contributed by atoms with Crippen LogP contribution >= 0.6 is 39.1 Å². The number of amides is 2. The van der Waals surface area contributed by atoms with Crippen LogP contribution in [0, 0.1) is 6.92 Å². The van der Waals surface area contributed by atoms with Gasteiger partial charge in [-0.1, -0.05) is 69.0 Å². The molecule has 0 radical (unpaired) electrons. The fraction of sp³-hybridized carbons (Fsp3) is 0.231. The quantitative estimate of drug-likeness (QED) is 0.344.